The lowest BCUT2D eigenvalue weighted by atomic mass is 9.90. The lowest BCUT2D eigenvalue weighted by Gasteiger charge is -2.42. The fourth-order valence-corrected chi connectivity index (χ4v) is 3.41. The zero-order valence-electron chi connectivity index (χ0n) is 11.9. The maximum atomic E-state index is 5.96. The molecule has 2 N–H and O–H groups in total. The summed E-state index contributed by atoms with van der Waals surface area (Å²) in [5.74, 6) is 0. The van der Waals surface area contributed by atoms with Crippen LogP contribution in [-0.4, -0.2) is 36.7 Å². The van der Waals surface area contributed by atoms with Gasteiger partial charge in [0.2, 0.25) is 0 Å². The third-order valence-corrected chi connectivity index (χ3v) is 4.48. The van der Waals surface area contributed by atoms with Crippen molar-refractivity contribution in [3.8, 4) is 0 Å². The molecule has 104 valence electrons. The van der Waals surface area contributed by atoms with E-state index in [1.165, 1.54) is 29.5 Å². The minimum absolute atomic E-state index is 0.133. The second-order valence-electron chi connectivity index (χ2n) is 5.86. The van der Waals surface area contributed by atoms with Crippen LogP contribution in [0.1, 0.15) is 35.6 Å². The van der Waals surface area contributed by atoms with Crippen molar-refractivity contribution in [2.75, 3.05) is 19.7 Å². The average molecular weight is 260 g/mol. The fourth-order valence-electron chi connectivity index (χ4n) is 3.41. The van der Waals surface area contributed by atoms with Gasteiger partial charge in [-0.3, -0.25) is 4.90 Å². The third-order valence-electron chi connectivity index (χ3n) is 4.48. The second-order valence-corrected chi connectivity index (χ2v) is 5.86. The van der Waals surface area contributed by atoms with Gasteiger partial charge in [0.05, 0.1) is 18.8 Å². The van der Waals surface area contributed by atoms with Gasteiger partial charge in [0, 0.05) is 19.1 Å². The molecule has 19 heavy (non-hydrogen) atoms. The van der Waals surface area contributed by atoms with E-state index in [1.807, 2.05) is 0 Å². The molecule has 1 saturated heterocycles. The zero-order chi connectivity index (χ0) is 13.4. The summed E-state index contributed by atoms with van der Waals surface area (Å²) in [6.07, 6.45) is 2.80. The van der Waals surface area contributed by atoms with Crippen molar-refractivity contribution >= 4 is 0 Å². The highest BCUT2D eigenvalue weighted by atomic mass is 16.5. The van der Waals surface area contributed by atoms with Crippen molar-refractivity contribution in [2.45, 2.75) is 44.9 Å². The molecular weight excluding hydrogens is 236 g/mol. The van der Waals surface area contributed by atoms with Gasteiger partial charge in [-0.05, 0) is 43.4 Å². The monoisotopic (exact) mass is 260 g/mol. The van der Waals surface area contributed by atoms with Crippen molar-refractivity contribution < 1.29 is 4.74 Å². The Labute approximate surface area is 115 Å². The van der Waals surface area contributed by atoms with Crippen LogP contribution in [-0.2, 0) is 4.74 Å². The topological polar surface area (TPSA) is 38.5 Å². The van der Waals surface area contributed by atoms with E-state index in [4.69, 9.17) is 10.5 Å². The molecule has 1 heterocycles. The van der Waals surface area contributed by atoms with Crippen LogP contribution in [0, 0.1) is 13.8 Å². The normalized spacial score (nSPS) is 28.6. The molecule has 0 amide bonds. The maximum absolute atomic E-state index is 5.96. The summed E-state index contributed by atoms with van der Waals surface area (Å²) < 4.78 is 5.95. The largest absolute Gasteiger partial charge is 0.374 e. The Kier molecular flexibility index (Phi) is 3.61. The summed E-state index contributed by atoms with van der Waals surface area (Å²) in [7, 11) is 0. The van der Waals surface area contributed by atoms with Crippen LogP contribution in [0.2, 0.25) is 0 Å². The van der Waals surface area contributed by atoms with Crippen molar-refractivity contribution in [2.24, 2.45) is 5.73 Å². The predicted octanol–water partition coefficient (Wildman–Crippen LogP) is 2.17. The molecule has 2 fully saturated rings. The highest BCUT2D eigenvalue weighted by Gasteiger charge is 2.41. The number of benzene rings is 1. The molecule has 3 rings (SSSR count). The van der Waals surface area contributed by atoms with Crippen molar-refractivity contribution in [1.82, 2.24) is 4.90 Å². The van der Waals surface area contributed by atoms with Crippen LogP contribution in [0.4, 0.5) is 0 Å². The molecule has 0 spiro atoms. The molecule has 2 atom stereocenters. The minimum Gasteiger partial charge on any atom is -0.374 e. The molecule has 0 radical (unpaired) electrons. The highest BCUT2D eigenvalue weighted by Crippen LogP contribution is 2.40. The Morgan fingerprint density at radius 1 is 1.26 bits per heavy atom. The first-order chi connectivity index (χ1) is 9.22. The van der Waals surface area contributed by atoms with Gasteiger partial charge in [-0.25, -0.2) is 0 Å². The van der Waals surface area contributed by atoms with Crippen LogP contribution >= 0.6 is 0 Å². The SMILES string of the molecule is Cc1cccc(C)c1C1C(CN)OCCN1C1CC1. The number of rotatable bonds is 3. The fraction of sp³-hybridized carbons (Fsp3) is 0.625. The summed E-state index contributed by atoms with van der Waals surface area (Å²) in [5.41, 5.74) is 10.1. The third kappa shape index (κ3) is 2.42. The number of morpholine rings is 1. The van der Waals surface area contributed by atoms with E-state index >= 15 is 0 Å². The number of nitrogens with zero attached hydrogens (tertiary/aromatic N) is 1. The molecule has 0 bridgehead atoms. The molecule has 1 aromatic carbocycles. The zero-order valence-corrected chi connectivity index (χ0v) is 11.9. The van der Waals surface area contributed by atoms with E-state index in [0.717, 1.165) is 19.2 Å². The first-order valence-electron chi connectivity index (χ1n) is 7.36. The minimum atomic E-state index is 0.133. The Morgan fingerprint density at radius 3 is 2.53 bits per heavy atom. The number of aryl methyl sites for hydroxylation is 2. The van der Waals surface area contributed by atoms with E-state index < -0.39 is 0 Å². The summed E-state index contributed by atoms with van der Waals surface area (Å²) in [6.45, 7) is 6.87. The van der Waals surface area contributed by atoms with E-state index in [0.29, 0.717) is 12.6 Å². The second kappa shape index (κ2) is 5.23. The van der Waals surface area contributed by atoms with Crippen LogP contribution in [0.25, 0.3) is 0 Å². The Hall–Kier alpha value is -0.900. The lowest BCUT2D eigenvalue weighted by Crippen LogP contribution is -2.49. The molecule has 2 aliphatic rings. The smallest absolute Gasteiger partial charge is 0.0894 e. The Bertz CT molecular complexity index is 436. The van der Waals surface area contributed by atoms with Gasteiger partial charge in [-0.1, -0.05) is 18.2 Å². The van der Waals surface area contributed by atoms with Gasteiger partial charge in [-0.2, -0.15) is 0 Å². The molecule has 2 unspecified atom stereocenters. The van der Waals surface area contributed by atoms with E-state index in [9.17, 15) is 0 Å². The van der Waals surface area contributed by atoms with Crippen molar-refractivity contribution in [3.63, 3.8) is 0 Å². The summed E-state index contributed by atoms with van der Waals surface area (Å²) in [5, 5.41) is 0. The van der Waals surface area contributed by atoms with Crippen LogP contribution in [0.5, 0.6) is 0 Å². The van der Waals surface area contributed by atoms with Crippen molar-refractivity contribution in [1.29, 1.82) is 0 Å². The molecule has 1 aliphatic carbocycles. The van der Waals surface area contributed by atoms with E-state index in [-0.39, 0.29) is 6.10 Å². The first-order valence-corrected chi connectivity index (χ1v) is 7.36. The molecular formula is C16H24N2O. The molecule has 1 aliphatic heterocycles. The van der Waals surface area contributed by atoms with Gasteiger partial charge < -0.3 is 10.5 Å². The molecule has 1 aromatic rings. The van der Waals surface area contributed by atoms with Gasteiger partial charge in [0.1, 0.15) is 0 Å². The molecule has 1 saturated carbocycles. The quantitative estimate of drug-likeness (QED) is 0.905. The lowest BCUT2D eigenvalue weighted by molar-refractivity contribution is -0.0716. The summed E-state index contributed by atoms with van der Waals surface area (Å²) >= 11 is 0. The number of ether oxygens (including phenoxy) is 1. The Balaban J connectivity index is 2.00. The Morgan fingerprint density at radius 2 is 1.95 bits per heavy atom. The predicted molar refractivity (Wildman–Crippen MR) is 77.2 cm³/mol. The number of hydrogen-bond acceptors (Lipinski definition) is 3. The van der Waals surface area contributed by atoms with E-state index in [2.05, 4.69) is 36.9 Å². The first kappa shape index (κ1) is 13.1. The standard InChI is InChI=1S/C16H24N2O/c1-11-4-3-5-12(2)15(11)16-14(10-17)19-9-8-18(16)13-6-7-13/h3-5,13-14,16H,6-10,17H2,1-2H3. The molecule has 3 heteroatoms. The van der Waals surface area contributed by atoms with Crippen LogP contribution in [0.3, 0.4) is 0 Å². The highest BCUT2D eigenvalue weighted by molar-refractivity contribution is 5.37. The number of hydrogen-bond donors (Lipinski definition) is 1. The molecule has 0 aromatic heterocycles. The summed E-state index contributed by atoms with van der Waals surface area (Å²) in [6, 6.07) is 7.64. The maximum Gasteiger partial charge on any atom is 0.0894 e. The van der Waals surface area contributed by atoms with Crippen LogP contribution in [0.15, 0.2) is 18.2 Å². The molecule has 3 nitrogen and oxygen atoms in total. The average Bonchev–Trinajstić information content (AvgIpc) is 3.23. The van der Waals surface area contributed by atoms with Crippen molar-refractivity contribution in [3.05, 3.63) is 34.9 Å². The van der Waals surface area contributed by atoms with Gasteiger partial charge in [0.15, 0.2) is 0 Å². The summed E-state index contributed by atoms with van der Waals surface area (Å²) in [4.78, 5) is 2.64. The van der Waals surface area contributed by atoms with Gasteiger partial charge in [0.25, 0.3) is 0 Å². The van der Waals surface area contributed by atoms with E-state index in [1.54, 1.807) is 0 Å². The number of nitrogens with two attached hydrogens (primary N) is 1. The van der Waals surface area contributed by atoms with Gasteiger partial charge in [-0.15, -0.1) is 0 Å². The van der Waals surface area contributed by atoms with Crippen LogP contribution < -0.4 is 5.73 Å². The van der Waals surface area contributed by atoms with Gasteiger partial charge >= 0.3 is 0 Å².